The number of rotatable bonds is 4. The third kappa shape index (κ3) is 3.71. The van der Waals surface area contributed by atoms with Crippen molar-refractivity contribution in [1.29, 1.82) is 0 Å². The van der Waals surface area contributed by atoms with E-state index >= 15 is 0 Å². The van der Waals surface area contributed by atoms with Crippen LogP contribution in [0.5, 0.6) is 11.6 Å². The molecule has 0 aliphatic heterocycles. The third-order valence-electron chi connectivity index (χ3n) is 2.52. The first kappa shape index (κ1) is 15.3. The maximum absolute atomic E-state index is 11.3. The van der Waals surface area contributed by atoms with E-state index in [0.29, 0.717) is 5.75 Å². The number of hydrogen-bond donors (Lipinski definition) is 1. The molecular formula is C13H10ClNO5S. The summed E-state index contributed by atoms with van der Waals surface area (Å²) in [5, 5.41) is 8.84. The maximum atomic E-state index is 11.3. The standard InChI is InChI=1S/C13H10ClNO5S/c1-21(18,19)10-4-2-9(3-5-10)20-12-11(14)6-8(7-15-12)13(16)17/h2-7H,1H3,(H,16,17). The Hall–Kier alpha value is -2.12. The number of carbonyl (C=O) groups is 1. The highest BCUT2D eigenvalue weighted by Crippen LogP contribution is 2.28. The predicted molar refractivity (Wildman–Crippen MR) is 75.8 cm³/mol. The fraction of sp³-hybridized carbons (Fsp3) is 0.0769. The molecule has 0 aliphatic carbocycles. The Morgan fingerprint density at radius 2 is 1.90 bits per heavy atom. The molecule has 0 radical (unpaired) electrons. The molecule has 0 unspecified atom stereocenters. The van der Waals surface area contributed by atoms with Crippen molar-refractivity contribution in [3.8, 4) is 11.6 Å². The summed E-state index contributed by atoms with van der Waals surface area (Å²) in [5.41, 5.74) is -0.0558. The average Bonchev–Trinajstić information content (AvgIpc) is 2.40. The zero-order chi connectivity index (χ0) is 15.6. The highest BCUT2D eigenvalue weighted by atomic mass is 35.5. The van der Waals surface area contributed by atoms with Gasteiger partial charge in [0.25, 0.3) is 0 Å². The summed E-state index contributed by atoms with van der Waals surface area (Å²) in [6.45, 7) is 0. The SMILES string of the molecule is CS(=O)(=O)c1ccc(Oc2ncc(C(=O)O)cc2Cl)cc1. The second kappa shape index (κ2) is 5.71. The van der Waals surface area contributed by atoms with E-state index in [1.165, 1.54) is 30.3 Å². The Morgan fingerprint density at radius 1 is 1.29 bits per heavy atom. The number of benzene rings is 1. The van der Waals surface area contributed by atoms with Gasteiger partial charge in [-0.05, 0) is 30.3 Å². The number of aromatic nitrogens is 1. The Morgan fingerprint density at radius 3 is 2.38 bits per heavy atom. The molecule has 110 valence electrons. The van der Waals surface area contributed by atoms with Crippen molar-refractivity contribution in [2.24, 2.45) is 0 Å². The molecule has 1 aromatic heterocycles. The highest BCUT2D eigenvalue weighted by Gasteiger charge is 2.11. The van der Waals surface area contributed by atoms with Gasteiger partial charge in [-0.2, -0.15) is 0 Å². The molecule has 8 heteroatoms. The first-order valence-corrected chi connectivity index (χ1v) is 7.91. The minimum atomic E-state index is -3.28. The van der Waals surface area contributed by atoms with Crippen molar-refractivity contribution < 1.29 is 23.1 Å². The van der Waals surface area contributed by atoms with Crippen LogP contribution in [0.2, 0.25) is 5.02 Å². The van der Waals surface area contributed by atoms with Gasteiger partial charge < -0.3 is 9.84 Å². The second-order valence-electron chi connectivity index (χ2n) is 4.16. The van der Waals surface area contributed by atoms with Gasteiger partial charge in [0, 0.05) is 12.5 Å². The lowest BCUT2D eigenvalue weighted by molar-refractivity contribution is 0.0696. The number of nitrogens with zero attached hydrogens (tertiary/aromatic N) is 1. The minimum absolute atomic E-state index is 0.0359. The largest absolute Gasteiger partial charge is 0.478 e. The Bertz CT molecular complexity index is 787. The van der Waals surface area contributed by atoms with Crippen molar-refractivity contribution in [2.45, 2.75) is 4.90 Å². The topological polar surface area (TPSA) is 93.6 Å². The van der Waals surface area contributed by atoms with Crippen LogP contribution in [0.25, 0.3) is 0 Å². The molecule has 21 heavy (non-hydrogen) atoms. The van der Waals surface area contributed by atoms with Crippen molar-refractivity contribution in [1.82, 2.24) is 4.98 Å². The number of carboxylic acid groups (broad SMARTS) is 1. The highest BCUT2D eigenvalue weighted by molar-refractivity contribution is 7.90. The van der Waals surface area contributed by atoms with Gasteiger partial charge >= 0.3 is 5.97 Å². The first-order valence-electron chi connectivity index (χ1n) is 5.64. The van der Waals surface area contributed by atoms with Crippen molar-refractivity contribution >= 4 is 27.4 Å². The molecule has 0 saturated carbocycles. The number of aromatic carboxylic acids is 1. The summed E-state index contributed by atoms with van der Waals surface area (Å²) in [6.07, 6.45) is 2.22. The quantitative estimate of drug-likeness (QED) is 0.927. The van der Waals surface area contributed by atoms with Crippen LogP contribution in [0.3, 0.4) is 0 Å². The molecule has 0 aliphatic rings. The van der Waals surface area contributed by atoms with Gasteiger partial charge in [0.1, 0.15) is 10.8 Å². The molecule has 0 saturated heterocycles. The summed E-state index contributed by atoms with van der Waals surface area (Å²) < 4.78 is 28.0. The van der Waals surface area contributed by atoms with Gasteiger partial charge in [0.15, 0.2) is 9.84 Å². The van der Waals surface area contributed by atoms with Crippen molar-refractivity contribution in [3.63, 3.8) is 0 Å². The van der Waals surface area contributed by atoms with E-state index in [1.54, 1.807) is 0 Å². The van der Waals surface area contributed by atoms with E-state index in [0.717, 1.165) is 12.5 Å². The Balaban J connectivity index is 2.24. The Labute approximate surface area is 125 Å². The van der Waals surface area contributed by atoms with Gasteiger partial charge in [0.05, 0.1) is 10.5 Å². The number of sulfone groups is 1. The molecule has 6 nitrogen and oxygen atoms in total. The first-order chi connectivity index (χ1) is 9.77. The molecule has 0 spiro atoms. The summed E-state index contributed by atoms with van der Waals surface area (Å²) >= 11 is 5.88. The summed E-state index contributed by atoms with van der Waals surface area (Å²) in [5.74, 6) is -0.776. The van der Waals surface area contributed by atoms with Crippen LogP contribution in [0.4, 0.5) is 0 Å². The van der Waals surface area contributed by atoms with Gasteiger partial charge in [-0.3, -0.25) is 0 Å². The number of hydrogen-bond acceptors (Lipinski definition) is 5. The fourth-order valence-electron chi connectivity index (χ4n) is 1.48. The lowest BCUT2D eigenvalue weighted by atomic mass is 10.3. The van der Waals surface area contributed by atoms with Crippen LogP contribution in [-0.4, -0.2) is 30.7 Å². The molecule has 1 aromatic carbocycles. The van der Waals surface area contributed by atoms with Crippen molar-refractivity contribution in [2.75, 3.05) is 6.26 Å². The minimum Gasteiger partial charge on any atom is -0.478 e. The van der Waals surface area contributed by atoms with Crippen LogP contribution in [0.1, 0.15) is 10.4 Å². The van der Waals surface area contributed by atoms with Gasteiger partial charge in [-0.15, -0.1) is 0 Å². The van der Waals surface area contributed by atoms with E-state index in [-0.39, 0.29) is 21.4 Å². The predicted octanol–water partition coefficient (Wildman–Crippen LogP) is 2.63. The van der Waals surface area contributed by atoms with Crippen molar-refractivity contribution in [3.05, 3.63) is 47.1 Å². The number of carboxylic acids is 1. The monoisotopic (exact) mass is 327 g/mol. The number of halogens is 1. The van der Waals surface area contributed by atoms with E-state index in [4.69, 9.17) is 21.4 Å². The van der Waals surface area contributed by atoms with Gasteiger partial charge in [-0.1, -0.05) is 11.6 Å². The fourth-order valence-corrected chi connectivity index (χ4v) is 2.32. The average molecular weight is 328 g/mol. The molecule has 2 aromatic rings. The van der Waals surface area contributed by atoms with E-state index in [9.17, 15) is 13.2 Å². The van der Waals surface area contributed by atoms with E-state index in [2.05, 4.69) is 4.98 Å². The lowest BCUT2D eigenvalue weighted by Gasteiger charge is -2.07. The van der Waals surface area contributed by atoms with Crippen LogP contribution in [-0.2, 0) is 9.84 Å². The van der Waals surface area contributed by atoms with Crippen LogP contribution >= 0.6 is 11.6 Å². The molecule has 1 N–H and O–H groups in total. The van der Waals surface area contributed by atoms with Crippen LogP contribution in [0.15, 0.2) is 41.4 Å². The number of ether oxygens (including phenoxy) is 1. The summed E-state index contributed by atoms with van der Waals surface area (Å²) in [7, 11) is -3.28. The Kier molecular flexibility index (Phi) is 4.15. The third-order valence-corrected chi connectivity index (χ3v) is 3.92. The number of pyridine rings is 1. The second-order valence-corrected chi connectivity index (χ2v) is 6.58. The zero-order valence-electron chi connectivity index (χ0n) is 10.8. The molecule has 2 rings (SSSR count). The molecule has 0 atom stereocenters. The molecule has 0 amide bonds. The summed E-state index contributed by atoms with van der Waals surface area (Å²) in [4.78, 5) is 14.7. The van der Waals surface area contributed by atoms with E-state index in [1.807, 2.05) is 0 Å². The lowest BCUT2D eigenvalue weighted by Crippen LogP contribution is -1.99. The van der Waals surface area contributed by atoms with Gasteiger partial charge in [-0.25, -0.2) is 18.2 Å². The zero-order valence-corrected chi connectivity index (χ0v) is 12.4. The smallest absolute Gasteiger partial charge is 0.337 e. The summed E-state index contributed by atoms with van der Waals surface area (Å²) in [6, 6.07) is 6.92. The van der Waals surface area contributed by atoms with Crippen LogP contribution < -0.4 is 4.74 Å². The van der Waals surface area contributed by atoms with Gasteiger partial charge in [0.2, 0.25) is 5.88 Å². The normalized spacial score (nSPS) is 11.1. The molecule has 1 heterocycles. The maximum Gasteiger partial charge on any atom is 0.337 e. The molecular weight excluding hydrogens is 318 g/mol. The molecule has 0 fully saturated rings. The molecule has 0 bridgehead atoms. The van der Waals surface area contributed by atoms with E-state index < -0.39 is 15.8 Å². The van der Waals surface area contributed by atoms with Crippen LogP contribution in [0, 0.1) is 0 Å².